The lowest BCUT2D eigenvalue weighted by Gasteiger charge is -2.29. The molecule has 5 heteroatoms. The molecule has 4 rings (SSSR count). The molecule has 0 radical (unpaired) electrons. The van der Waals surface area contributed by atoms with Gasteiger partial charge in [-0.25, -0.2) is 4.79 Å². The molecule has 1 saturated heterocycles. The number of benzene rings is 2. The van der Waals surface area contributed by atoms with Gasteiger partial charge in [-0.05, 0) is 86.8 Å². The summed E-state index contributed by atoms with van der Waals surface area (Å²) in [7, 11) is 1.62. The first-order chi connectivity index (χ1) is 16.9. The van der Waals surface area contributed by atoms with Gasteiger partial charge >= 0.3 is 5.97 Å². The molecule has 1 heterocycles. The van der Waals surface area contributed by atoms with E-state index in [-0.39, 0.29) is 0 Å². The summed E-state index contributed by atoms with van der Waals surface area (Å²) in [5.74, 6) is 1.46. The Morgan fingerprint density at radius 2 is 1.51 bits per heavy atom. The molecule has 2 aromatic rings. The maximum absolute atomic E-state index is 13.1. The maximum atomic E-state index is 13.1. The van der Waals surface area contributed by atoms with Gasteiger partial charge in [0, 0.05) is 0 Å². The first-order valence-electron chi connectivity index (χ1n) is 13.2. The van der Waals surface area contributed by atoms with E-state index in [1.165, 1.54) is 56.9 Å². The van der Waals surface area contributed by atoms with E-state index < -0.39 is 24.0 Å². The molecule has 0 bridgehead atoms. The molecule has 5 nitrogen and oxygen atoms in total. The fraction of sp³-hybridized carbons (Fsp3) is 0.567. The molecule has 2 unspecified atom stereocenters. The molecule has 1 aliphatic carbocycles. The van der Waals surface area contributed by atoms with E-state index in [0.717, 1.165) is 17.2 Å². The second-order valence-corrected chi connectivity index (χ2v) is 10.5. The minimum absolute atomic E-state index is 0.447. The molecule has 0 N–H and O–H groups in total. The van der Waals surface area contributed by atoms with Gasteiger partial charge in [-0.15, -0.1) is 0 Å². The van der Waals surface area contributed by atoms with E-state index in [1.54, 1.807) is 7.11 Å². The summed E-state index contributed by atoms with van der Waals surface area (Å²) in [4.78, 5) is 13.1. The van der Waals surface area contributed by atoms with E-state index in [4.69, 9.17) is 18.9 Å². The standard InChI is InChI=1S/C30H40O5/c1-5-6-7-8-21-9-11-22(12-10-21)23-13-19-26(20-14-23)33-29(31)28-27(34-30(2,3)35-28)24-15-17-25(32-4)18-16-24/h13-22,27-28H,5-12H2,1-4H3. The zero-order valence-electron chi connectivity index (χ0n) is 21.6. The predicted octanol–water partition coefficient (Wildman–Crippen LogP) is 7.35. The van der Waals surface area contributed by atoms with Crippen molar-refractivity contribution in [3.8, 4) is 11.5 Å². The second-order valence-electron chi connectivity index (χ2n) is 10.5. The Hall–Kier alpha value is -2.37. The molecule has 35 heavy (non-hydrogen) atoms. The van der Waals surface area contributed by atoms with Crippen molar-refractivity contribution in [2.75, 3.05) is 7.11 Å². The van der Waals surface area contributed by atoms with Gasteiger partial charge in [-0.2, -0.15) is 0 Å². The van der Waals surface area contributed by atoms with Crippen molar-refractivity contribution in [1.29, 1.82) is 0 Å². The van der Waals surface area contributed by atoms with Crippen LogP contribution in [0.5, 0.6) is 11.5 Å². The van der Waals surface area contributed by atoms with E-state index in [1.807, 2.05) is 50.2 Å². The average Bonchev–Trinajstić information content (AvgIpc) is 3.21. The number of methoxy groups -OCH3 is 1. The minimum Gasteiger partial charge on any atom is -0.497 e. The Labute approximate surface area is 210 Å². The molecule has 1 aliphatic heterocycles. The quantitative estimate of drug-likeness (QED) is 0.213. The van der Waals surface area contributed by atoms with E-state index in [0.29, 0.717) is 11.7 Å². The van der Waals surface area contributed by atoms with Gasteiger partial charge in [0.05, 0.1) is 7.11 Å². The Balaban J connectivity index is 1.35. The van der Waals surface area contributed by atoms with Crippen LogP contribution in [-0.4, -0.2) is 25.0 Å². The van der Waals surface area contributed by atoms with Crippen molar-refractivity contribution in [1.82, 2.24) is 0 Å². The highest BCUT2D eigenvalue weighted by Gasteiger charge is 2.47. The van der Waals surface area contributed by atoms with E-state index in [2.05, 4.69) is 19.1 Å². The molecule has 1 saturated carbocycles. The smallest absolute Gasteiger partial charge is 0.343 e. The van der Waals surface area contributed by atoms with Crippen LogP contribution in [0.2, 0.25) is 0 Å². The Kier molecular flexibility index (Phi) is 8.51. The summed E-state index contributed by atoms with van der Waals surface area (Å²) in [6.45, 7) is 5.89. The third-order valence-corrected chi connectivity index (χ3v) is 7.41. The summed E-state index contributed by atoms with van der Waals surface area (Å²) in [5.41, 5.74) is 2.19. The molecular formula is C30H40O5. The Morgan fingerprint density at radius 1 is 0.886 bits per heavy atom. The van der Waals surface area contributed by atoms with Crippen LogP contribution >= 0.6 is 0 Å². The van der Waals surface area contributed by atoms with Crippen molar-refractivity contribution in [3.05, 3.63) is 59.7 Å². The summed E-state index contributed by atoms with van der Waals surface area (Å²) >= 11 is 0. The van der Waals surface area contributed by atoms with Crippen molar-refractivity contribution < 1.29 is 23.7 Å². The van der Waals surface area contributed by atoms with Crippen LogP contribution in [0.25, 0.3) is 0 Å². The number of carbonyl (C=O) groups excluding carboxylic acids is 1. The molecule has 2 aromatic carbocycles. The first kappa shape index (κ1) is 25.7. The lowest BCUT2D eigenvalue weighted by Crippen LogP contribution is -2.31. The number of rotatable bonds is 9. The Bertz CT molecular complexity index is 942. The predicted molar refractivity (Wildman–Crippen MR) is 137 cm³/mol. The lowest BCUT2D eigenvalue weighted by molar-refractivity contribution is -0.164. The molecule has 2 fully saturated rings. The maximum Gasteiger partial charge on any atom is 0.343 e. The summed E-state index contributed by atoms with van der Waals surface area (Å²) in [6.07, 6.45) is 9.18. The van der Waals surface area contributed by atoms with Crippen LogP contribution < -0.4 is 9.47 Å². The number of unbranched alkanes of at least 4 members (excludes halogenated alkanes) is 2. The van der Waals surface area contributed by atoms with E-state index in [9.17, 15) is 4.79 Å². The highest BCUT2D eigenvalue weighted by atomic mass is 16.8. The zero-order valence-corrected chi connectivity index (χ0v) is 21.6. The molecule has 2 atom stereocenters. The molecule has 0 amide bonds. The fourth-order valence-corrected chi connectivity index (χ4v) is 5.42. The minimum atomic E-state index is -0.881. The summed E-state index contributed by atoms with van der Waals surface area (Å²) < 4.78 is 23.0. The number of hydrogen-bond donors (Lipinski definition) is 0. The van der Waals surface area contributed by atoms with Gasteiger partial charge in [0.15, 0.2) is 11.9 Å². The second kappa shape index (κ2) is 11.6. The number of ether oxygens (including phenoxy) is 4. The van der Waals surface area contributed by atoms with Crippen molar-refractivity contribution in [2.24, 2.45) is 5.92 Å². The first-order valence-corrected chi connectivity index (χ1v) is 13.2. The van der Waals surface area contributed by atoms with Gasteiger partial charge in [-0.3, -0.25) is 0 Å². The zero-order chi connectivity index (χ0) is 24.8. The van der Waals surface area contributed by atoms with Crippen LogP contribution in [0.3, 0.4) is 0 Å². The monoisotopic (exact) mass is 480 g/mol. The van der Waals surface area contributed by atoms with Crippen molar-refractivity contribution in [2.45, 2.75) is 96.1 Å². The van der Waals surface area contributed by atoms with Crippen LogP contribution in [0.15, 0.2) is 48.5 Å². The largest absolute Gasteiger partial charge is 0.497 e. The summed E-state index contributed by atoms with van der Waals surface area (Å²) in [6, 6.07) is 15.5. The molecule has 2 aliphatic rings. The third kappa shape index (κ3) is 6.65. The number of hydrogen-bond acceptors (Lipinski definition) is 5. The van der Waals surface area contributed by atoms with Gasteiger partial charge in [0.25, 0.3) is 0 Å². The van der Waals surface area contributed by atoms with Crippen LogP contribution in [-0.2, 0) is 14.3 Å². The lowest BCUT2D eigenvalue weighted by atomic mass is 9.77. The number of esters is 1. The summed E-state index contributed by atoms with van der Waals surface area (Å²) in [5, 5.41) is 0. The van der Waals surface area contributed by atoms with Crippen LogP contribution in [0, 0.1) is 5.92 Å². The fourth-order valence-electron chi connectivity index (χ4n) is 5.42. The molecular weight excluding hydrogens is 440 g/mol. The van der Waals surface area contributed by atoms with Gasteiger partial charge in [0.1, 0.15) is 17.6 Å². The average molecular weight is 481 g/mol. The molecule has 190 valence electrons. The topological polar surface area (TPSA) is 54.0 Å². The molecule has 0 aromatic heterocycles. The third-order valence-electron chi connectivity index (χ3n) is 7.41. The normalized spacial score (nSPS) is 25.8. The van der Waals surface area contributed by atoms with Crippen LogP contribution in [0.1, 0.15) is 95.3 Å². The van der Waals surface area contributed by atoms with Gasteiger partial charge in [0.2, 0.25) is 0 Å². The number of carbonyl (C=O) groups is 1. The van der Waals surface area contributed by atoms with Gasteiger partial charge in [-0.1, -0.05) is 56.9 Å². The van der Waals surface area contributed by atoms with Crippen molar-refractivity contribution >= 4 is 5.97 Å². The van der Waals surface area contributed by atoms with E-state index >= 15 is 0 Å². The molecule has 0 spiro atoms. The SMILES string of the molecule is CCCCCC1CCC(c2ccc(OC(=O)C3OC(C)(C)OC3c3ccc(OC)cc3)cc2)CC1. The van der Waals surface area contributed by atoms with Gasteiger partial charge < -0.3 is 18.9 Å². The highest BCUT2D eigenvalue weighted by Crippen LogP contribution is 2.40. The highest BCUT2D eigenvalue weighted by molar-refractivity contribution is 5.78. The van der Waals surface area contributed by atoms with Crippen molar-refractivity contribution in [3.63, 3.8) is 0 Å². The van der Waals surface area contributed by atoms with Crippen LogP contribution in [0.4, 0.5) is 0 Å². The Morgan fingerprint density at radius 3 is 2.14 bits per heavy atom.